The summed E-state index contributed by atoms with van der Waals surface area (Å²) in [6, 6.07) is 0.519. The fourth-order valence-electron chi connectivity index (χ4n) is 2.07. The first kappa shape index (κ1) is 15.2. The van der Waals surface area contributed by atoms with E-state index < -0.39 is 11.7 Å². The minimum atomic E-state index is -0.812. The summed E-state index contributed by atoms with van der Waals surface area (Å²) < 4.78 is 5.38. The maximum Gasteiger partial charge on any atom is 0.331 e. The summed E-state index contributed by atoms with van der Waals surface area (Å²) in [7, 11) is 0. The van der Waals surface area contributed by atoms with Gasteiger partial charge in [-0.15, -0.1) is 0 Å². The summed E-state index contributed by atoms with van der Waals surface area (Å²) >= 11 is 0. The highest BCUT2D eigenvalue weighted by atomic mass is 16.6. The largest absolute Gasteiger partial charge is 0.441 e. The van der Waals surface area contributed by atoms with Gasteiger partial charge in [-0.1, -0.05) is 13.5 Å². The van der Waals surface area contributed by atoms with E-state index in [1.54, 1.807) is 0 Å². The van der Waals surface area contributed by atoms with Crippen LogP contribution in [0.4, 0.5) is 0 Å². The number of carbonyl (C=O) groups excluding carboxylic acids is 1. The molecular weight excluding hydrogens is 202 g/mol. The molecule has 1 unspecified atom stereocenters. The Balaban J connectivity index is 5.01. The molecule has 0 saturated heterocycles. The summed E-state index contributed by atoms with van der Waals surface area (Å²) in [4.78, 5) is 13.4. The first-order valence-corrected chi connectivity index (χ1v) is 5.77. The molecule has 16 heavy (non-hydrogen) atoms. The highest BCUT2D eigenvalue weighted by Crippen LogP contribution is 2.26. The molecule has 0 aromatic heterocycles. The summed E-state index contributed by atoms with van der Waals surface area (Å²) in [5.41, 5.74) is -0.812. The molecule has 0 rings (SSSR count). The molecule has 0 heterocycles. The highest BCUT2D eigenvalue weighted by molar-refractivity contribution is 5.81. The fourth-order valence-corrected chi connectivity index (χ4v) is 2.07. The van der Waals surface area contributed by atoms with Crippen LogP contribution in [0.3, 0.4) is 0 Å². The lowest BCUT2D eigenvalue weighted by Crippen LogP contribution is -2.55. The van der Waals surface area contributed by atoms with Crippen LogP contribution in [0.2, 0.25) is 0 Å². The minimum Gasteiger partial charge on any atom is -0.441 e. The van der Waals surface area contributed by atoms with Gasteiger partial charge in [0.25, 0.3) is 0 Å². The smallest absolute Gasteiger partial charge is 0.331 e. The molecule has 0 fully saturated rings. The van der Waals surface area contributed by atoms with Gasteiger partial charge in [-0.2, -0.15) is 0 Å². The van der Waals surface area contributed by atoms with Crippen molar-refractivity contribution in [3.63, 3.8) is 0 Å². The lowest BCUT2D eigenvalue weighted by atomic mass is 10.1. The van der Waals surface area contributed by atoms with Gasteiger partial charge in [-0.3, -0.25) is 4.90 Å². The fraction of sp³-hybridized carbons (Fsp3) is 0.692. The number of esters is 1. The van der Waals surface area contributed by atoms with Gasteiger partial charge in [0.1, 0.15) is 0 Å². The predicted octanol–water partition coefficient (Wildman–Crippen LogP) is 2.77. The summed E-state index contributed by atoms with van der Waals surface area (Å²) in [6.45, 7) is 17.7. The van der Waals surface area contributed by atoms with Crippen molar-refractivity contribution in [2.75, 3.05) is 0 Å². The zero-order valence-electron chi connectivity index (χ0n) is 11.1. The summed E-state index contributed by atoms with van der Waals surface area (Å²) in [5, 5.41) is 0. The lowest BCUT2D eigenvalue weighted by molar-refractivity contribution is -0.177. The maximum atomic E-state index is 11.3. The van der Waals surface area contributed by atoms with Gasteiger partial charge in [0.15, 0.2) is 5.72 Å². The van der Waals surface area contributed by atoms with Crippen molar-refractivity contribution in [1.82, 2.24) is 4.90 Å². The molecule has 0 amide bonds. The number of hydrogen-bond acceptors (Lipinski definition) is 3. The Hall–Kier alpha value is -0.830. The second kappa shape index (κ2) is 6.04. The Morgan fingerprint density at radius 2 is 1.81 bits per heavy atom. The molecule has 3 nitrogen and oxygen atoms in total. The molecular formula is C13H24NO2. The SMILES string of the molecule is [CH2]C(CC)(OC(=O)C=C)N(C(C)C)C(C)C. The van der Waals surface area contributed by atoms with Crippen LogP contribution in [-0.2, 0) is 9.53 Å². The zero-order valence-corrected chi connectivity index (χ0v) is 11.1. The third-order valence-corrected chi connectivity index (χ3v) is 2.59. The van der Waals surface area contributed by atoms with Crippen molar-refractivity contribution in [3.05, 3.63) is 19.6 Å². The normalized spacial score (nSPS) is 15.3. The predicted molar refractivity (Wildman–Crippen MR) is 66.8 cm³/mol. The average Bonchev–Trinajstić information content (AvgIpc) is 2.16. The Bertz CT molecular complexity index is 240. The quantitative estimate of drug-likeness (QED) is 0.396. The van der Waals surface area contributed by atoms with Crippen molar-refractivity contribution >= 4 is 5.97 Å². The van der Waals surface area contributed by atoms with Gasteiger partial charge in [-0.05, 0) is 34.1 Å². The second-order valence-corrected chi connectivity index (χ2v) is 4.52. The van der Waals surface area contributed by atoms with Gasteiger partial charge < -0.3 is 4.74 Å². The van der Waals surface area contributed by atoms with Crippen LogP contribution in [0.1, 0.15) is 41.0 Å². The Labute approximate surface area is 99.5 Å². The molecule has 0 aliphatic heterocycles. The van der Waals surface area contributed by atoms with Crippen LogP contribution in [0.25, 0.3) is 0 Å². The van der Waals surface area contributed by atoms with E-state index in [1.807, 2.05) is 6.92 Å². The van der Waals surface area contributed by atoms with E-state index in [2.05, 4.69) is 46.1 Å². The van der Waals surface area contributed by atoms with Crippen molar-refractivity contribution in [3.8, 4) is 0 Å². The molecule has 1 atom stereocenters. The van der Waals surface area contributed by atoms with Crippen molar-refractivity contribution < 1.29 is 9.53 Å². The Kier molecular flexibility index (Phi) is 5.73. The van der Waals surface area contributed by atoms with E-state index in [0.717, 1.165) is 0 Å². The molecule has 3 heteroatoms. The molecule has 0 bridgehead atoms. The van der Waals surface area contributed by atoms with E-state index in [0.29, 0.717) is 6.42 Å². The van der Waals surface area contributed by atoms with Crippen LogP contribution in [0, 0.1) is 6.92 Å². The van der Waals surface area contributed by atoms with Crippen LogP contribution in [0.5, 0.6) is 0 Å². The summed E-state index contributed by atoms with van der Waals surface area (Å²) in [6.07, 6.45) is 1.82. The number of carbonyl (C=O) groups is 1. The highest BCUT2D eigenvalue weighted by Gasteiger charge is 2.37. The molecule has 0 aromatic carbocycles. The third-order valence-electron chi connectivity index (χ3n) is 2.59. The van der Waals surface area contributed by atoms with Crippen molar-refractivity contribution in [2.24, 2.45) is 0 Å². The number of rotatable bonds is 6. The van der Waals surface area contributed by atoms with E-state index in [-0.39, 0.29) is 12.1 Å². The molecule has 0 saturated carbocycles. The lowest BCUT2D eigenvalue weighted by Gasteiger charge is -2.44. The number of nitrogens with zero attached hydrogens (tertiary/aromatic N) is 1. The van der Waals surface area contributed by atoms with Crippen LogP contribution in [0.15, 0.2) is 12.7 Å². The zero-order chi connectivity index (χ0) is 12.9. The standard InChI is InChI=1S/C13H24NO2/c1-8-12(15)16-13(7,9-2)14(10(3)4)11(5)6/h8,10-11H,1,7,9H2,2-6H3. The maximum absolute atomic E-state index is 11.3. The number of hydrogen-bond donors (Lipinski definition) is 0. The van der Waals surface area contributed by atoms with Gasteiger partial charge in [-0.25, -0.2) is 4.79 Å². The Morgan fingerprint density at radius 1 is 1.38 bits per heavy atom. The van der Waals surface area contributed by atoms with Gasteiger partial charge in [0, 0.05) is 25.1 Å². The van der Waals surface area contributed by atoms with E-state index in [9.17, 15) is 4.79 Å². The van der Waals surface area contributed by atoms with Crippen LogP contribution in [-0.4, -0.2) is 28.7 Å². The third kappa shape index (κ3) is 3.63. The van der Waals surface area contributed by atoms with Gasteiger partial charge >= 0.3 is 5.97 Å². The molecule has 0 aliphatic rings. The van der Waals surface area contributed by atoms with E-state index in [4.69, 9.17) is 4.74 Å². The van der Waals surface area contributed by atoms with Crippen LogP contribution >= 0.6 is 0 Å². The topological polar surface area (TPSA) is 29.5 Å². The molecule has 0 aliphatic carbocycles. The molecule has 1 radical (unpaired) electrons. The first-order valence-electron chi connectivity index (χ1n) is 5.77. The van der Waals surface area contributed by atoms with E-state index >= 15 is 0 Å². The molecule has 0 N–H and O–H groups in total. The van der Waals surface area contributed by atoms with Gasteiger partial charge in [0.2, 0.25) is 0 Å². The van der Waals surface area contributed by atoms with E-state index in [1.165, 1.54) is 6.08 Å². The minimum absolute atomic E-state index is 0.259. The average molecular weight is 226 g/mol. The second-order valence-electron chi connectivity index (χ2n) is 4.52. The van der Waals surface area contributed by atoms with Crippen molar-refractivity contribution in [1.29, 1.82) is 0 Å². The molecule has 0 aromatic rings. The molecule has 0 spiro atoms. The van der Waals surface area contributed by atoms with Gasteiger partial charge in [0.05, 0.1) is 0 Å². The van der Waals surface area contributed by atoms with Crippen molar-refractivity contribution in [2.45, 2.75) is 58.8 Å². The number of ether oxygens (including phenoxy) is 1. The Morgan fingerprint density at radius 3 is 2.06 bits per heavy atom. The monoisotopic (exact) mass is 226 g/mol. The molecule has 93 valence electrons. The summed E-state index contributed by atoms with van der Waals surface area (Å²) in [5.74, 6) is -0.428. The van der Waals surface area contributed by atoms with Crippen LogP contribution < -0.4 is 0 Å². The first-order chi connectivity index (χ1) is 7.28.